The molecule has 0 saturated heterocycles. The molecule has 0 saturated carbocycles. The molecule has 0 atom stereocenters. The van der Waals surface area contributed by atoms with Gasteiger partial charge in [0, 0.05) is 6.54 Å². The second-order valence-electron chi connectivity index (χ2n) is 4.49. The van der Waals surface area contributed by atoms with Gasteiger partial charge in [-0.3, -0.25) is 0 Å². The number of fused-ring (bicyclic) bond motifs is 1. The van der Waals surface area contributed by atoms with Crippen LogP contribution in [0, 0.1) is 0 Å². The van der Waals surface area contributed by atoms with E-state index < -0.39 is 0 Å². The van der Waals surface area contributed by atoms with Crippen LogP contribution in [0.25, 0.3) is 0 Å². The quantitative estimate of drug-likeness (QED) is 0.656. The molecule has 72 valence electrons. The summed E-state index contributed by atoms with van der Waals surface area (Å²) in [4.78, 5) is 1.80. The lowest BCUT2D eigenvalue weighted by molar-refractivity contribution is 0.311. The van der Waals surface area contributed by atoms with Gasteiger partial charge in [-0.15, -0.1) is 5.10 Å². The van der Waals surface area contributed by atoms with Crippen molar-refractivity contribution in [3.05, 3.63) is 5.69 Å². The summed E-state index contributed by atoms with van der Waals surface area (Å²) < 4.78 is 0. The third kappa shape index (κ3) is 1.53. The lowest BCUT2D eigenvalue weighted by atomic mass is 10.1. The predicted octanol–water partition coefficient (Wildman–Crippen LogP) is 1.39. The van der Waals surface area contributed by atoms with Crippen molar-refractivity contribution in [1.29, 1.82) is 0 Å². The van der Waals surface area contributed by atoms with Crippen LogP contribution < -0.4 is 5.32 Å². The summed E-state index contributed by atoms with van der Waals surface area (Å²) in [5.74, 6) is 0.973. The smallest absolute Gasteiger partial charge is 0.171 e. The zero-order chi connectivity index (χ0) is 9.47. The minimum Gasteiger partial charge on any atom is -0.367 e. The molecule has 1 aliphatic heterocycles. The molecule has 0 aromatic carbocycles. The first-order valence-electron chi connectivity index (χ1n) is 4.78. The van der Waals surface area contributed by atoms with Gasteiger partial charge in [0.2, 0.25) is 0 Å². The van der Waals surface area contributed by atoms with Crippen LogP contribution in [0.4, 0.5) is 5.82 Å². The van der Waals surface area contributed by atoms with E-state index in [-0.39, 0.29) is 5.54 Å². The molecular formula is C9H16N4. The molecule has 2 rings (SSSR count). The van der Waals surface area contributed by atoms with Crippen molar-refractivity contribution >= 4 is 5.82 Å². The van der Waals surface area contributed by atoms with Crippen LogP contribution in [0.3, 0.4) is 0 Å². The highest BCUT2D eigenvalue weighted by molar-refractivity contribution is 5.40. The van der Waals surface area contributed by atoms with Gasteiger partial charge < -0.3 is 5.32 Å². The van der Waals surface area contributed by atoms with Gasteiger partial charge in [-0.25, -0.2) is 0 Å². The van der Waals surface area contributed by atoms with Gasteiger partial charge in [-0.1, -0.05) is 0 Å². The number of hydrogen-bond acceptors (Lipinski definition) is 3. The Morgan fingerprint density at radius 2 is 2.08 bits per heavy atom. The highest BCUT2D eigenvalue weighted by atomic mass is 15.5. The standard InChI is InChI=1S/C9H16N4/c1-9(2,3)13-11-7-5-4-6-10-8(7)12-13/h4-6H2,1-3H3,(H,10,12). The van der Waals surface area contributed by atoms with Gasteiger partial charge >= 0.3 is 0 Å². The molecule has 0 aliphatic carbocycles. The van der Waals surface area contributed by atoms with Gasteiger partial charge in [0.15, 0.2) is 5.82 Å². The Bertz CT molecular complexity index is 284. The number of rotatable bonds is 0. The SMILES string of the molecule is CC(C)(C)n1nc2c(n1)NCCC2. The van der Waals surface area contributed by atoms with E-state index in [1.807, 2.05) is 0 Å². The van der Waals surface area contributed by atoms with Crippen molar-refractivity contribution in [2.45, 2.75) is 39.2 Å². The molecule has 0 unspecified atom stereocenters. The van der Waals surface area contributed by atoms with Gasteiger partial charge in [-0.05, 0) is 33.6 Å². The average Bonchev–Trinajstić information content (AvgIpc) is 2.45. The van der Waals surface area contributed by atoms with Crippen molar-refractivity contribution in [1.82, 2.24) is 15.0 Å². The van der Waals surface area contributed by atoms with E-state index in [0.29, 0.717) is 0 Å². The Balaban J connectivity index is 2.36. The highest BCUT2D eigenvalue weighted by Gasteiger charge is 2.21. The Morgan fingerprint density at radius 3 is 2.69 bits per heavy atom. The Morgan fingerprint density at radius 1 is 1.31 bits per heavy atom. The summed E-state index contributed by atoms with van der Waals surface area (Å²) >= 11 is 0. The summed E-state index contributed by atoms with van der Waals surface area (Å²) in [7, 11) is 0. The van der Waals surface area contributed by atoms with Crippen LogP contribution >= 0.6 is 0 Å². The van der Waals surface area contributed by atoms with E-state index in [0.717, 1.165) is 30.9 Å². The minimum absolute atomic E-state index is 0.0149. The minimum atomic E-state index is -0.0149. The number of aryl methyl sites for hydroxylation is 1. The number of nitrogens with zero attached hydrogens (tertiary/aromatic N) is 3. The van der Waals surface area contributed by atoms with Crippen molar-refractivity contribution < 1.29 is 0 Å². The summed E-state index contributed by atoms with van der Waals surface area (Å²) in [5.41, 5.74) is 1.10. The lowest BCUT2D eigenvalue weighted by Gasteiger charge is -2.16. The van der Waals surface area contributed by atoms with E-state index in [1.165, 1.54) is 0 Å². The van der Waals surface area contributed by atoms with Crippen molar-refractivity contribution in [2.24, 2.45) is 0 Å². The monoisotopic (exact) mass is 180 g/mol. The van der Waals surface area contributed by atoms with E-state index >= 15 is 0 Å². The number of nitrogens with one attached hydrogen (secondary N) is 1. The number of anilines is 1. The molecule has 2 heterocycles. The zero-order valence-corrected chi connectivity index (χ0v) is 8.46. The molecule has 0 spiro atoms. The summed E-state index contributed by atoms with van der Waals surface area (Å²) in [5, 5.41) is 12.1. The van der Waals surface area contributed by atoms with Crippen LogP contribution in [-0.2, 0) is 12.0 Å². The fourth-order valence-corrected chi connectivity index (χ4v) is 1.40. The predicted molar refractivity (Wildman–Crippen MR) is 51.8 cm³/mol. The Kier molecular flexibility index (Phi) is 1.78. The maximum atomic E-state index is 4.47. The normalized spacial score (nSPS) is 16.5. The van der Waals surface area contributed by atoms with E-state index in [1.54, 1.807) is 4.80 Å². The van der Waals surface area contributed by atoms with Crippen molar-refractivity contribution in [2.75, 3.05) is 11.9 Å². The second kappa shape index (κ2) is 2.72. The molecule has 0 bridgehead atoms. The van der Waals surface area contributed by atoms with Crippen LogP contribution in [-0.4, -0.2) is 21.5 Å². The Hall–Kier alpha value is -1.06. The average molecular weight is 180 g/mol. The second-order valence-corrected chi connectivity index (χ2v) is 4.49. The van der Waals surface area contributed by atoms with Crippen LogP contribution in [0.5, 0.6) is 0 Å². The third-order valence-electron chi connectivity index (χ3n) is 2.17. The Labute approximate surface area is 78.3 Å². The molecule has 4 nitrogen and oxygen atoms in total. The van der Waals surface area contributed by atoms with E-state index in [2.05, 4.69) is 36.3 Å². The first-order valence-corrected chi connectivity index (χ1v) is 4.78. The third-order valence-corrected chi connectivity index (χ3v) is 2.17. The molecule has 4 heteroatoms. The molecular weight excluding hydrogens is 164 g/mol. The molecule has 13 heavy (non-hydrogen) atoms. The number of aromatic nitrogens is 3. The molecule has 1 aliphatic rings. The summed E-state index contributed by atoms with van der Waals surface area (Å²) in [6, 6.07) is 0. The fourth-order valence-electron chi connectivity index (χ4n) is 1.40. The fraction of sp³-hybridized carbons (Fsp3) is 0.778. The van der Waals surface area contributed by atoms with Crippen LogP contribution in [0.2, 0.25) is 0 Å². The van der Waals surface area contributed by atoms with Crippen LogP contribution in [0.1, 0.15) is 32.9 Å². The lowest BCUT2D eigenvalue weighted by Crippen LogP contribution is -2.24. The van der Waals surface area contributed by atoms with Gasteiger partial charge in [0.25, 0.3) is 0 Å². The largest absolute Gasteiger partial charge is 0.367 e. The summed E-state index contributed by atoms with van der Waals surface area (Å²) in [6.07, 6.45) is 2.22. The van der Waals surface area contributed by atoms with Crippen molar-refractivity contribution in [3.8, 4) is 0 Å². The van der Waals surface area contributed by atoms with Gasteiger partial charge in [-0.2, -0.15) is 9.90 Å². The molecule has 0 amide bonds. The van der Waals surface area contributed by atoms with Gasteiger partial charge in [0.05, 0.1) is 5.54 Å². The van der Waals surface area contributed by atoms with Crippen molar-refractivity contribution in [3.63, 3.8) is 0 Å². The van der Waals surface area contributed by atoms with E-state index in [4.69, 9.17) is 0 Å². The van der Waals surface area contributed by atoms with E-state index in [9.17, 15) is 0 Å². The first-order chi connectivity index (χ1) is 6.07. The molecule has 1 N–H and O–H groups in total. The maximum Gasteiger partial charge on any atom is 0.171 e. The maximum absolute atomic E-state index is 4.47. The number of hydrogen-bond donors (Lipinski definition) is 1. The molecule has 1 aromatic rings. The zero-order valence-electron chi connectivity index (χ0n) is 8.46. The topological polar surface area (TPSA) is 42.7 Å². The molecule has 0 fully saturated rings. The molecule has 1 aromatic heterocycles. The van der Waals surface area contributed by atoms with Crippen LogP contribution in [0.15, 0.2) is 0 Å². The van der Waals surface area contributed by atoms with Gasteiger partial charge in [0.1, 0.15) is 5.69 Å². The molecule has 0 radical (unpaired) electrons. The first kappa shape index (κ1) is 8.53. The highest BCUT2D eigenvalue weighted by Crippen LogP contribution is 2.20. The summed E-state index contributed by atoms with van der Waals surface area (Å²) in [6.45, 7) is 7.35.